The van der Waals surface area contributed by atoms with Crippen LogP contribution in [-0.2, 0) is 0 Å². The minimum absolute atomic E-state index is 0.0758. The van der Waals surface area contributed by atoms with Crippen LogP contribution in [-0.4, -0.2) is 31.2 Å². The van der Waals surface area contributed by atoms with Gasteiger partial charge in [-0.15, -0.1) is 0 Å². The largest absolute Gasteiger partial charge is 0.366 e. The van der Waals surface area contributed by atoms with Crippen LogP contribution in [0.3, 0.4) is 0 Å². The number of piperazine rings is 1. The molecule has 134 valence electrons. The van der Waals surface area contributed by atoms with Crippen LogP contribution >= 0.6 is 0 Å². The zero-order valence-corrected chi connectivity index (χ0v) is 15.7. The van der Waals surface area contributed by atoms with E-state index in [0.29, 0.717) is 18.1 Å². The number of rotatable bonds is 2. The van der Waals surface area contributed by atoms with Crippen molar-refractivity contribution in [3.63, 3.8) is 0 Å². The van der Waals surface area contributed by atoms with E-state index in [1.807, 2.05) is 6.92 Å². The van der Waals surface area contributed by atoms with Gasteiger partial charge in [0.1, 0.15) is 0 Å². The van der Waals surface area contributed by atoms with Crippen molar-refractivity contribution in [3.8, 4) is 0 Å². The predicted molar refractivity (Wildman–Crippen MR) is 104 cm³/mol. The Kier molecular flexibility index (Phi) is 3.91. The quantitative estimate of drug-likeness (QED) is 0.869. The van der Waals surface area contributed by atoms with Gasteiger partial charge in [0.05, 0.1) is 11.4 Å². The molecule has 0 radical (unpaired) electrons. The van der Waals surface area contributed by atoms with Gasteiger partial charge in [-0.2, -0.15) is 0 Å². The van der Waals surface area contributed by atoms with E-state index in [1.54, 1.807) is 0 Å². The van der Waals surface area contributed by atoms with Crippen LogP contribution in [0.2, 0.25) is 0 Å². The molecule has 4 heteroatoms. The second-order valence-corrected chi connectivity index (χ2v) is 8.06. The summed E-state index contributed by atoms with van der Waals surface area (Å²) in [4.78, 5) is 4.38. The van der Waals surface area contributed by atoms with Crippen LogP contribution in [0.25, 0.3) is 5.57 Å². The van der Waals surface area contributed by atoms with E-state index < -0.39 is 0 Å². The van der Waals surface area contributed by atoms with Crippen LogP contribution in [0.4, 0.5) is 15.8 Å². The fourth-order valence-corrected chi connectivity index (χ4v) is 4.34. The van der Waals surface area contributed by atoms with E-state index in [4.69, 9.17) is 0 Å². The van der Waals surface area contributed by atoms with Gasteiger partial charge in [0.2, 0.25) is 0 Å². The van der Waals surface area contributed by atoms with Gasteiger partial charge in [-0.05, 0) is 63.3 Å². The zero-order valence-electron chi connectivity index (χ0n) is 15.7. The van der Waals surface area contributed by atoms with Crippen molar-refractivity contribution >= 4 is 16.9 Å². The number of nitrogens with zero attached hydrogens (tertiary/aromatic N) is 2. The molecule has 3 nitrogen and oxygen atoms in total. The Balaban J connectivity index is 1.84. The Morgan fingerprint density at radius 1 is 1.12 bits per heavy atom. The highest BCUT2D eigenvalue weighted by Gasteiger charge is 2.36. The van der Waals surface area contributed by atoms with Crippen molar-refractivity contribution in [2.24, 2.45) is 0 Å². The molecule has 2 unspecified atom stereocenters. The van der Waals surface area contributed by atoms with Gasteiger partial charge < -0.3 is 15.1 Å². The van der Waals surface area contributed by atoms with Crippen LogP contribution < -0.4 is 15.1 Å². The molecule has 1 N–H and O–H groups in total. The Morgan fingerprint density at radius 3 is 2.36 bits per heavy atom. The molecule has 1 aromatic carbocycles. The van der Waals surface area contributed by atoms with Gasteiger partial charge in [-0.25, -0.2) is 4.39 Å². The van der Waals surface area contributed by atoms with Gasteiger partial charge in [0.25, 0.3) is 0 Å². The minimum atomic E-state index is -0.0758. The van der Waals surface area contributed by atoms with Crippen molar-refractivity contribution in [2.45, 2.75) is 58.7 Å². The number of nitrogens with one attached hydrogen (secondary N) is 1. The maximum absolute atomic E-state index is 15.8. The topological polar surface area (TPSA) is 18.5 Å². The third kappa shape index (κ3) is 2.77. The summed E-state index contributed by atoms with van der Waals surface area (Å²) in [7, 11) is 0. The summed E-state index contributed by atoms with van der Waals surface area (Å²) in [6, 6.07) is 3.29. The molecular formula is C21H28FN3. The molecule has 0 spiro atoms. The first-order valence-corrected chi connectivity index (χ1v) is 9.37. The number of hydrogen-bond acceptors (Lipinski definition) is 3. The SMILES string of the molecule is C=C1C(C)=CN(C2CC2)c2c1cc(C)c(N1CC(C)NC(C)C1)c2F. The number of allylic oxidation sites excluding steroid dienone is 2. The lowest BCUT2D eigenvalue weighted by Crippen LogP contribution is -2.54. The zero-order chi connectivity index (χ0) is 17.9. The first-order chi connectivity index (χ1) is 11.9. The molecule has 4 rings (SSSR count). The predicted octanol–water partition coefficient (Wildman–Crippen LogP) is 4.22. The van der Waals surface area contributed by atoms with Gasteiger partial charge in [-0.1, -0.05) is 6.58 Å². The molecule has 1 saturated carbocycles. The number of fused-ring (bicyclic) bond motifs is 1. The third-order valence-corrected chi connectivity index (χ3v) is 5.61. The normalized spacial score (nSPS) is 26.6. The van der Waals surface area contributed by atoms with E-state index in [1.165, 1.54) is 0 Å². The Labute approximate surface area is 150 Å². The highest BCUT2D eigenvalue weighted by molar-refractivity contribution is 5.91. The molecule has 2 heterocycles. The minimum Gasteiger partial charge on any atom is -0.366 e. The van der Waals surface area contributed by atoms with E-state index in [2.05, 4.69) is 54.7 Å². The summed E-state index contributed by atoms with van der Waals surface area (Å²) in [5.74, 6) is -0.0758. The summed E-state index contributed by atoms with van der Waals surface area (Å²) < 4.78 is 15.8. The summed E-state index contributed by atoms with van der Waals surface area (Å²) >= 11 is 0. The molecule has 0 amide bonds. The number of anilines is 2. The van der Waals surface area contributed by atoms with Crippen molar-refractivity contribution < 1.29 is 4.39 Å². The molecule has 3 aliphatic rings. The Morgan fingerprint density at radius 2 is 1.76 bits per heavy atom. The summed E-state index contributed by atoms with van der Waals surface area (Å²) in [6.45, 7) is 14.3. The standard InChI is InChI=1S/C21H28FN3/c1-12-8-18-16(5)13(2)9-25(17-6-7-17)21(18)19(22)20(12)24-10-14(3)23-15(4)11-24/h8-9,14-15,17,23H,5-7,10-11H2,1-4H3. The van der Waals surface area contributed by atoms with Crippen LogP contribution in [0, 0.1) is 12.7 Å². The smallest absolute Gasteiger partial charge is 0.170 e. The summed E-state index contributed by atoms with van der Waals surface area (Å²) in [6.07, 6.45) is 4.37. The molecule has 2 fully saturated rings. The molecule has 25 heavy (non-hydrogen) atoms. The first kappa shape index (κ1) is 16.6. The van der Waals surface area contributed by atoms with Crippen molar-refractivity contribution in [2.75, 3.05) is 22.9 Å². The van der Waals surface area contributed by atoms with Gasteiger partial charge in [-0.3, -0.25) is 0 Å². The second-order valence-electron chi connectivity index (χ2n) is 8.06. The van der Waals surface area contributed by atoms with Crippen molar-refractivity contribution in [3.05, 3.63) is 41.4 Å². The summed E-state index contributed by atoms with van der Waals surface area (Å²) in [5, 5.41) is 3.53. The average Bonchev–Trinajstić information content (AvgIpc) is 3.34. The molecule has 2 aliphatic heterocycles. The van der Waals surface area contributed by atoms with E-state index in [0.717, 1.165) is 59.6 Å². The number of halogens is 1. The number of benzene rings is 1. The fourth-order valence-electron chi connectivity index (χ4n) is 4.34. The molecule has 2 atom stereocenters. The first-order valence-electron chi connectivity index (χ1n) is 9.37. The van der Waals surface area contributed by atoms with E-state index in [9.17, 15) is 0 Å². The van der Waals surface area contributed by atoms with Gasteiger partial charge in [0, 0.05) is 43.0 Å². The number of aryl methyl sites for hydroxylation is 1. The Bertz CT molecular complexity index is 753. The lowest BCUT2D eigenvalue weighted by atomic mass is 9.92. The molecule has 1 aliphatic carbocycles. The summed E-state index contributed by atoms with van der Waals surface area (Å²) in [5.41, 5.74) is 5.55. The third-order valence-electron chi connectivity index (χ3n) is 5.61. The Hall–Kier alpha value is -1.81. The highest BCUT2D eigenvalue weighted by Crippen LogP contribution is 2.46. The maximum atomic E-state index is 15.8. The molecule has 0 aromatic heterocycles. The van der Waals surface area contributed by atoms with Crippen LogP contribution in [0.1, 0.15) is 44.7 Å². The number of hydrogen-bond donors (Lipinski definition) is 1. The van der Waals surface area contributed by atoms with E-state index >= 15 is 4.39 Å². The second kappa shape index (κ2) is 5.87. The monoisotopic (exact) mass is 341 g/mol. The molecule has 1 aromatic rings. The highest BCUT2D eigenvalue weighted by atomic mass is 19.1. The van der Waals surface area contributed by atoms with Crippen molar-refractivity contribution in [1.82, 2.24) is 5.32 Å². The van der Waals surface area contributed by atoms with Crippen molar-refractivity contribution in [1.29, 1.82) is 0 Å². The van der Waals surface area contributed by atoms with E-state index in [-0.39, 0.29) is 5.82 Å². The lowest BCUT2D eigenvalue weighted by Gasteiger charge is -2.40. The van der Waals surface area contributed by atoms with Gasteiger partial charge in [0.15, 0.2) is 5.82 Å². The molecular weight excluding hydrogens is 313 g/mol. The van der Waals surface area contributed by atoms with Gasteiger partial charge >= 0.3 is 0 Å². The maximum Gasteiger partial charge on any atom is 0.170 e. The van der Waals surface area contributed by atoms with Crippen LogP contribution in [0.15, 0.2) is 24.4 Å². The molecule has 1 saturated heterocycles. The average molecular weight is 341 g/mol. The lowest BCUT2D eigenvalue weighted by molar-refractivity contribution is 0.403. The van der Waals surface area contributed by atoms with Crippen LogP contribution in [0.5, 0.6) is 0 Å². The molecule has 0 bridgehead atoms. The fraction of sp³-hybridized carbons (Fsp3) is 0.524.